The van der Waals surface area contributed by atoms with E-state index in [0.29, 0.717) is 11.8 Å². The molecule has 0 aliphatic heterocycles. The van der Waals surface area contributed by atoms with Gasteiger partial charge in [0, 0.05) is 5.92 Å². The van der Waals surface area contributed by atoms with Crippen LogP contribution in [0.5, 0.6) is 0 Å². The van der Waals surface area contributed by atoms with E-state index in [0.717, 1.165) is 24.7 Å². The standard InChI is InChI=1S/C14H22FNO/c1-9-3-6-11(13(8-17)16-2)14(15)12(9)7-10-4-5-10/h7-11,13-14,16H,3-6H2,1-2H3/b12-7+/t9-,11-,13+,14+/m0/s1. The molecule has 2 aliphatic carbocycles. The summed E-state index contributed by atoms with van der Waals surface area (Å²) >= 11 is 0. The average molecular weight is 239 g/mol. The zero-order valence-electron chi connectivity index (χ0n) is 10.7. The summed E-state index contributed by atoms with van der Waals surface area (Å²) < 4.78 is 14.5. The summed E-state index contributed by atoms with van der Waals surface area (Å²) in [7, 11) is 1.73. The summed E-state index contributed by atoms with van der Waals surface area (Å²) in [5.41, 5.74) is 0.950. The summed E-state index contributed by atoms with van der Waals surface area (Å²) in [5.74, 6) is 0.762. The van der Waals surface area contributed by atoms with Gasteiger partial charge in [-0.05, 0) is 50.1 Å². The van der Waals surface area contributed by atoms with E-state index in [1.54, 1.807) is 7.05 Å². The number of nitrogens with one attached hydrogen (secondary N) is 1. The highest BCUT2D eigenvalue weighted by atomic mass is 19.1. The topological polar surface area (TPSA) is 29.1 Å². The van der Waals surface area contributed by atoms with Gasteiger partial charge in [-0.1, -0.05) is 13.0 Å². The van der Waals surface area contributed by atoms with Crippen LogP contribution in [0.2, 0.25) is 0 Å². The predicted octanol–water partition coefficient (Wildman–Crippen LogP) is 2.49. The van der Waals surface area contributed by atoms with Gasteiger partial charge in [-0.25, -0.2) is 4.39 Å². The van der Waals surface area contributed by atoms with Crippen molar-refractivity contribution in [3.8, 4) is 0 Å². The molecule has 0 saturated heterocycles. The van der Waals surface area contributed by atoms with Crippen molar-refractivity contribution in [3.05, 3.63) is 11.6 Å². The van der Waals surface area contributed by atoms with Crippen molar-refractivity contribution >= 4 is 6.29 Å². The van der Waals surface area contributed by atoms with Gasteiger partial charge in [0.15, 0.2) is 0 Å². The number of hydrogen-bond donors (Lipinski definition) is 1. The van der Waals surface area contributed by atoms with Crippen molar-refractivity contribution in [2.24, 2.45) is 17.8 Å². The fraction of sp³-hybridized carbons (Fsp3) is 0.786. The highest BCUT2D eigenvalue weighted by Crippen LogP contribution is 2.41. The third-order valence-corrected chi connectivity index (χ3v) is 4.19. The fourth-order valence-electron chi connectivity index (χ4n) is 2.81. The van der Waals surface area contributed by atoms with E-state index in [1.165, 1.54) is 12.8 Å². The highest BCUT2D eigenvalue weighted by molar-refractivity contribution is 5.58. The molecule has 0 spiro atoms. The lowest BCUT2D eigenvalue weighted by Crippen LogP contribution is -2.43. The first-order valence-corrected chi connectivity index (χ1v) is 6.65. The molecule has 0 radical (unpaired) electrons. The molecule has 0 aromatic heterocycles. The van der Waals surface area contributed by atoms with Crippen molar-refractivity contribution in [3.63, 3.8) is 0 Å². The van der Waals surface area contributed by atoms with Crippen LogP contribution in [0.4, 0.5) is 4.39 Å². The van der Waals surface area contributed by atoms with Gasteiger partial charge < -0.3 is 10.1 Å². The van der Waals surface area contributed by atoms with E-state index < -0.39 is 6.17 Å². The van der Waals surface area contributed by atoms with Crippen LogP contribution in [0.1, 0.15) is 32.6 Å². The Hall–Kier alpha value is -0.700. The van der Waals surface area contributed by atoms with Gasteiger partial charge in [0.1, 0.15) is 12.5 Å². The molecule has 2 rings (SSSR count). The quantitative estimate of drug-likeness (QED) is 0.603. The van der Waals surface area contributed by atoms with Crippen molar-refractivity contribution < 1.29 is 9.18 Å². The molecule has 96 valence electrons. The third-order valence-electron chi connectivity index (χ3n) is 4.19. The molecule has 4 atom stereocenters. The van der Waals surface area contributed by atoms with Crippen LogP contribution in [0.25, 0.3) is 0 Å². The number of hydrogen-bond acceptors (Lipinski definition) is 2. The van der Waals surface area contributed by atoms with Gasteiger partial charge in [-0.2, -0.15) is 0 Å². The second-order valence-electron chi connectivity index (χ2n) is 5.50. The van der Waals surface area contributed by atoms with Crippen LogP contribution in [0, 0.1) is 17.8 Å². The molecule has 0 heterocycles. The number of likely N-dealkylation sites (N-methyl/N-ethyl adjacent to an activating group) is 1. The Morgan fingerprint density at radius 2 is 2.06 bits per heavy atom. The van der Waals surface area contributed by atoms with Gasteiger partial charge >= 0.3 is 0 Å². The van der Waals surface area contributed by atoms with Crippen molar-refractivity contribution in [2.45, 2.75) is 44.8 Å². The summed E-state index contributed by atoms with van der Waals surface area (Å²) in [6, 6.07) is -0.347. The van der Waals surface area contributed by atoms with Crippen LogP contribution < -0.4 is 5.32 Å². The number of rotatable bonds is 4. The molecule has 1 N–H and O–H groups in total. The average Bonchev–Trinajstić information content (AvgIpc) is 3.12. The predicted molar refractivity (Wildman–Crippen MR) is 66.5 cm³/mol. The zero-order chi connectivity index (χ0) is 12.4. The lowest BCUT2D eigenvalue weighted by molar-refractivity contribution is -0.111. The number of carbonyl (C=O) groups is 1. The number of alkyl halides is 1. The minimum atomic E-state index is -0.943. The maximum Gasteiger partial charge on any atom is 0.137 e. The molecule has 0 unspecified atom stereocenters. The van der Waals surface area contributed by atoms with Crippen molar-refractivity contribution in [1.82, 2.24) is 5.32 Å². The summed E-state index contributed by atoms with van der Waals surface area (Å²) in [6.07, 6.45) is 6.25. The van der Waals surface area contributed by atoms with Gasteiger partial charge in [-0.15, -0.1) is 0 Å². The van der Waals surface area contributed by atoms with Crippen LogP contribution in [-0.4, -0.2) is 25.5 Å². The molecule has 0 aromatic rings. The molecule has 0 aromatic carbocycles. The van der Waals surface area contributed by atoms with Crippen LogP contribution in [0.15, 0.2) is 11.6 Å². The Labute approximate surface area is 103 Å². The van der Waals surface area contributed by atoms with E-state index in [4.69, 9.17) is 0 Å². The molecule has 0 bridgehead atoms. The molecule has 0 amide bonds. The summed E-state index contributed by atoms with van der Waals surface area (Å²) in [4.78, 5) is 11.0. The Morgan fingerprint density at radius 1 is 1.35 bits per heavy atom. The number of carbonyl (C=O) groups excluding carboxylic acids is 1. The smallest absolute Gasteiger partial charge is 0.137 e. The normalized spacial score (nSPS) is 38.1. The highest BCUT2D eigenvalue weighted by Gasteiger charge is 2.38. The largest absolute Gasteiger partial charge is 0.310 e. The monoisotopic (exact) mass is 239 g/mol. The zero-order valence-corrected chi connectivity index (χ0v) is 10.7. The fourth-order valence-corrected chi connectivity index (χ4v) is 2.81. The number of halogens is 1. The van der Waals surface area contributed by atoms with E-state index in [1.807, 2.05) is 0 Å². The number of allylic oxidation sites excluding steroid dienone is 2. The summed E-state index contributed by atoms with van der Waals surface area (Å²) in [6.45, 7) is 2.10. The van der Waals surface area contributed by atoms with Gasteiger partial charge in [0.05, 0.1) is 6.04 Å². The summed E-state index contributed by atoms with van der Waals surface area (Å²) in [5, 5.41) is 2.92. The first-order chi connectivity index (χ1) is 8.17. The molecule has 2 saturated carbocycles. The van der Waals surface area contributed by atoms with Crippen LogP contribution >= 0.6 is 0 Å². The molecule has 2 aliphatic rings. The SMILES string of the molecule is CN[C@H](C=O)[C@@H]1CC[C@H](C)/C(=C\C2CC2)[C@@H]1F. The molecule has 3 heteroatoms. The Morgan fingerprint density at radius 3 is 2.59 bits per heavy atom. The minimum Gasteiger partial charge on any atom is -0.310 e. The third kappa shape index (κ3) is 2.76. The van der Waals surface area contributed by atoms with Gasteiger partial charge in [0.2, 0.25) is 0 Å². The first kappa shape index (κ1) is 12.7. The Balaban J connectivity index is 2.12. The Bertz CT molecular complexity index is 311. The van der Waals surface area contributed by atoms with E-state index >= 15 is 0 Å². The molecular weight excluding hydrogens is 217 g/mol. The van der Waals surface area contributed by atoms with Crippen LogP contribution in [-0.2, 0) is 4.79 Å². The van der Waals surface area contributed by atoms with Crippen molar-refractivity contribution in [1.29, 1.82) is 0 Å². The van der Waals surface area contributed by atoms with Gasteiger partial charge in [0.25, 0.3) is 0 Å². The lowest BCUT2D eigenvalue weighted by Gasteiger charge is -2.35. The van der Waals surface area contributed by atoms with Crippen molar-refractivity contribution in [2.75, 3.05) is 7.05 Å². The number of aldehydes is 1. The lowest BCUT2D eigenvalue weighted by atomic mass is 9.74. The molecule has 2 nitrogen and oxygen atoms in total. The second kappa shape index (κ2) is 5.30. The molecular formula is C14H22FNO. The molecule has 17 heavy (non-hydrogen) atoms. The maximum absolute atomic E-state index is 14.5. The van der Waals surface area contributed by atoms with Crippen LogP contribution in [0.3, 0.4) is 0 Å². The van der Waals surface area contributed by atoms with E-state index in [-0.39, 0.29) is 12.0 Å². The first-order valence-electron chi connectivity index (χ1n) is 6.65. The minimum absolute atomic E-state index is 0.182. The Kier molecular flexibility index (Phi) is 3.97. The maximum atomic E-state index is 14.5. The molecule has 2 fully saturated rings. The van der Waals surface area contributed by atoms with Gasteiger partial charge in [-0.3, -0.25) is 0 Å². The second-order valence-corrected chi connectivity index (χ2v) is 5.50. The van der Waals surface area contributed by atoms with E-state index in [9.17, 15) is 9.18 Å². The van der Waals surface area contributed by atoms with E-state index in [2.05, 4.69) is 18.3 Å².